The Hall–Kier alpha value is -1.65. The lowest BCUT2D eigenvalue weighted by atomic mass is 9.97. The lowest BCUT2D eigenvalue weighted by Crippen LogP contribution is -2.40. The third-order valence-corrected chi connectivity index (χ3v) is 5.31. The number of aliphatic hydroxyl groups is 1. The van der Waals surface area contributed by atoms with Crippen molar-refractivity contribution in [2.75, 3.05) is 13.6 Å². The summed E-state index contributed by atoms with van der Waals surface area (Å²) in [6, 6.07) is 8.50. The zero-order valence-electron chi connectivity index (χ0n) is 13.0. The van der Waals surface area contributed by atoms with Crippen LogP contribution in [-0.4, -0.2) is 39.2 Å². The molecule has 4 rings (SSSR count). The van der Waals surface area contributed by atoms with E-state index in [0.29, 0.717) is 5.92 Å². The highest BCUT2D eigenvalue weighted by Gasteiger charge is 2.34. The summed E-state index contributed by atoms with van der Waals surface area (Å²) in [5.74, 6) is 1.86. The fraction of sp³-hybridized carbons (Fsp3) is 0.500. The number of aryl methyl sites for hydroxylation is 1. The highest BCUT2D eigenvalue weighted by Crippen LogP contribution is 2.34. The first-order valence-electron chi connectivity index (χ1n) is 8.18. The van der Waals surface area contributed by atoms with Crippen LogP contribution in [0.3, 0.4) is 0 Å². The lowest BCUT2D eigenvalue weighted by Gasteiger charge is -2.33. The summed E-state index contributed by atoms with van der Waals surface area (Å²) in [7, 11) is 2.16. The van der Waals surface area contributed by atoms with E-state index >= 15 is 0 Å². The van der Waals surface area contributed by atoms with E-state index in [-0.39, 0.29) is 12.1 Å². The molecular weight excluding hydrogens is 274 g/mol. The maximum Gasteiger partial charge on any atom is 0.108 e. The Morgan fingerprint density at radius 3 is 3.09 bits per heavy atom. The zero-order valence-corrected chi connectivity index (χ0v) is 13.0. The third-order valence-electron chi connectivity index (χ3n) is 5.31. The van der Waals surface area contributed by atoms with Crippen molar-refractivity contribution in [2.24, 2.45) is 5.92 Å². The molecule has 2 aliphatic rings. The van der Waals surface area contributed by atoms with Crippen LogP contribution < -0.4 is 0 Å². The standard InChI is InChI=1S/C18H23N3O/c1-20(11-13-6-7-17-19-8-9-21(17)12-13)16-10-14-4-2-3-5-15(14)18(16)22/h2-5,8-9,13,16,18,22H,6-7,10-12H2,1H3. The largest absolute Gasteiger partial charge is 0.387 e. The second-order valence-corrected chi connectivity index (χ2v) is 6.76. The van der Waals surface area contributed by atoms with Gasteiger partial charge in [0.25, 0.3) is 0 Å². The van der Waals surface area contributed by atoms with E-state index < -0.39 is 0 Å². The number of aliphatic hydroxyl groups excluding tert-OH is 1. The number of likely N-dealkylation sites (N-methyl/N-ethyl adjacent to an activating group) is 1. The van der Waals surface area contributed by atoms with Gasteiger partial charge in [0.05, 0.1) is 6.10 Å². The molecule has 0 bridgehead atoms. The van der Waals surface area contributed by atoms with Crippen LogP contribution in [0.5, 0.6) is 0 Å². The number of benzene rings is 1. The number of imidazole rings is 1. The van der Waals surface area contributed by atoms with Gasteiger partial charge in [0.15, 0.2) is 0 Å². The maximum absolute atomic E-state index is 10.6. The SMILES string of the molecule is CN(CC1CCc2nccn2C1)C1Cc2ccccc2C1O. The van der Waals surface area contributed by atoms with Crippen molar-refractivity contribution in [3.63, 3.8) is 0 Å². The molecule has 3 atom stereocenters. The van der Waals surface area contributed by atoms with Crippen molar-refractivity contribution in [1.29, 1.82) is 0 Å². The highest BCUT2D eigenvalue weighted by molar-refractivity contribution is 5.35. The van der Waals surface area contributed by atoms with Crippen LogP contribution in [0.15, 0.2) is 36.7 Å². The van der Waals surface area contributed by atoms with Crippen LogP contribution >= 0.6 is 0 Å². The molecule has 1 aromatic heterocycles. The summed E-state index contributed by atoms with van der Waals surface area (Å²) in [6.45, 7) is 2.09. The van der Waals surface area contributed by atoms with E-state index in [1.54, 1.807) is 0 Å². The van der Waals surface area contributed by atoms with Gasteiger partial charge in [0.2, 0.25) is 0 Å². The van der Waals surface area contributed by atoms with Crippen LogP contribution in [0.2, 0.25) is 0 Å². The van der Waals surface area contributed by atoms with Crippen molar-refractivity contribution < 1.29 is 5.11 Å². The summed E-state index contributed by atoms with van der Waals surface area (Å²) in [6.07, 6.45) is 6.85. The smallest absolute Gasteiger partial charge is 0.108 e. The summed E-state index contributed by atoms with van der Waals surface area (Å²) < 4.78 is 2.28. The Labute approximate surface area is 131 Å². The topological polar surface area (TPSA) is 41.3 Å². The van der Waals surface area contributed by atoms with Gasteiger partial charge in [0.1, 0.15) is 5.82 Å². The molecule has 4 heteroatoms. The van der Waals surface area contributed by atoms with E-state index in [0.717, 1.165) is 31.5 Å². The zero-order chi connectivity index (χ0) is 15.1. The predicted molar refractivity (Wildman–Crippen MR) is 85.6 cm³/mol. The first kappa shape index (κ1) is 14.0. The Morgan fingerprint density at radius 1 is 1.36 bits per heavy atom. The quantitative estimate of drug-likeness (QED) is 0.942. The van der Waals surface area contributed by atoms with Gasteiger partial charge in [-0.05, 0) is 36.9 Å². The van der Waals surface area contributed by atoms with Gasteiger partial charge in [-0.1, -0.05) is 24.3 Å². The minimum Gasteiger partial charge on any atom is -0.387 e. The van der Waals surface area contributed by atoms with E-state index in [9.17, 15) is 5.11 Å². The molecule has 0 fully saturated rings. The van der Waals surface area contributed by atoms with Gasteiger partial charge >= 0.3 is 0 Å². The van der Waals surface area contributed by atoms with Gasteiger partial charge in [-0.3, -0.25) is 4.90 Å². The molecule has 0 spiro atoms. The Balaban J connectivity index is 1.43. The number of fused-ring (bicyclic) bond motifs is 2. The molecule has 3 unspecified atom stereocenters. The minimum absolute atomic E-state index is 0.210. The summed E-state index contributed by atoms with van der Waals surface area (Å²) >= 11 is 0. The molecule has 1 N–H and O–H groups in total. The van der Waals surface area contributed by atoms with Crippen LogP contribution in [0, 0.1) is 5.92 Å². The van der Waals surface area contributed by atoms with Crippen LogP contribution in [0.25, 0.3) is 0 Å². The number of nitrogens with zero attached hydrogens (tertiary/aromatic N) is 3. The fourth-order valence-electron chi connectivity index (χ4n) is 4.08. The van der Waals surface area contributed by atoms with E-state index in [1.807, 2.05) is 12.3 Å². The molecule has 0 radical (unpaired) electrons. The van der Waals surface area contributed by atoms with Gasteiger partial charge in [-0.15, -0.1) is 0 Å². The van der Waals surface area contributed by atoms with Crippen LogP contribution in [0.4, 0.5) is 0 Å². The van der Waals surface area contributed by atoms with Crippen molar-refractivity contribution in [2.45, 2.75) is 38.0 Å². The molecule has 0 amide bonds. The first-order chi connectivity index (χ1) is 10.7. The Kier molecular flexibility index (Phi) is 3.51. The highest BCUT2D eigenvalue weighted by atomic mass is 16.3. The average Bonchev–Trinajstić information content (AvgIpc) is 3.12. The molecule has 1 aliphatic heterocycles. The number of hydrogen-bond acceptors (Lipinski definition) is 3. The van der Waals surface area contributed by atoms with E-state index in [2.05, 4.69) is 45.9 Å². The molecule has 116 valence electrons. The molecule has 1 aromatic carbocycles. The molecular formula is C18H23N3O. The first-order valence-corrected chi connectivity index (χ1v) is 8.18. The fourth-order valence-corrected chi connectivity index (χ4v) is 4.08. The van der Waals surface area contributed by atoms with Crippen LogP contribution in [-0.2, 0) is 19.4 Å². The third kappa shape index (κ3) is 2.36. The Bertz CT molecular complexity index is 666. The van der Waals surface area contributed by atoms with Crippen molar-refractivity contribution >= 4 is 0 Å². The minimum atomic E-state index is -0.353. The van der Waals surface area contributed by atoms with Crippen molar-refractivity contribution in [3.8, 4) is 0 Å². The number of aromatic nitrogens is 2. The van der Waals surface area contributed by atoms with Gasteiger partial charge < -0.3 is 9.67 Å². The summed E-state index contributed by atoms with van der Waals surface area (Å²) in [4.78, 5) is 6.75. The van der Waals surface area contributed by atoms with E-state index in [4.69, 9.17) is 0 Å². The predicted octanol–water partition coefficient (Wildman–Crippen LogP) is 2.04. The van der Waals surface area contributed by atoms with Crippen molar-refractivity contribution in [1.82, 2.24) is 14.5 Å². The molecule has 0 saturated heterocycles. The van der Waals surface area contributed by atoms with Crippen molar-refractivity contribution in [3.05, 3.63) is 53.6 Å². The monoisotopic (exact) mass is 297 g/mol. The second-order valence-electron chi connectivity index (χ2n) is 6.76. The van der Waals surface area contributed by atoms with Gasteiger partial charge in [-0.25, -0.2) is 4.98 Å². The molecule has 1 aliphatic carbocycles. The molecule has 0 saturated carbocycles. The number of rotatable bonds is 3. The van der Waals surface area contributed by atoms with Crippen LogP contribution in [0.1, 0.15) is 29.5 Å². The summed E-state index contributed by atoms with van der Waals surface area (Å²) in [5, 5.41) is 10.6. The molecule has 2 aromatic rings. The number of hydrogen-bond donors (Lipinski definition) is 1. The van der Waals surface area contributed by atoms with Gasteiger partial charge in [-0.2, -0.15) is 0 Å². The second kappa shape index (κ2) is 5.52. The lowest BCUT2D eigenvalue weighted by molar-refractivity contribution is 0.0631. The van der Waals surface area contributed by atoms with E-state index in [1.165, 1.54) is 17.8 Å². The average molecular weight is 297 g/mol. The Morgan fingerprint density at radius 2 is 2.23 bits per heavy atom. The molecule has 4 nitrogen and oxygen atoms in total. The maximum atomic E-state index is 10.6. The molecule has 22 heavy (non-hydrogen) atoms. The van der Waals surface area contributed by atoms with Gasteiger partial charge in [0, 0.05) is 37.9 Å². The summed E-state index contributed by atoms with van der Waals surface area (Å²) in [5.41, 5.74) is 2.41. The normalized spacial score (nSPS) is 27.0. The molecule has 2 heterocycles.